The Bertz CT molecular complexity index is 470. The van der Waals surface area contributed by atoms with Gasteiger partial charge in [-0.3, -0.25) is 9.59 Å². The first-order valence-electron chi connectivity index (χ1n) is 6.11. The van der Waals surface area contributed by atoms with E-state index in [1.54, 1.807) is 0 Å². The number of aryl methyl sites for hydroxylation is 1. The summed E-state index contributed by atoms with van der Waals surface area (Å²) >= 11 is 1.52. The zero-order valence-electron chi connectivity index (χ0n) is 12.3. The maximum atomic E-state index is 11.8. The van der Waals surface area contributed by atoms with Gasteiger partial charge in [-0.15, -0.1) is 36.2 Å². The summed E-state index contributed by atoms with van der Waals surface area (Å²) in [7, 11) is 0. The zero-order chi connectivity index (χ0) is 14.5. The number of nitrogens with one attached hydrogen (secondary N) is 2. The topological polar surface area (TPSA) is 97.1 Å². The zero-order valence-corrected chi connectivity index (χ0v) is 14.7. The molecule has 1 aromatic rings. The average Bonchev–Trinajstić information content (AvgIpc) is 2.83. The molecule has 4 N–H and O–H groups in total. The van der Waals surface area contributed by atoms with E-state index in [4.69, 9.17) is 5.73 Å². The van der Waals surface area contributed by atoms with Gasteiger partial charge in [0.2, 0.25) is 11.8 Å². The lowest BCUT2D eigenvalue weighted by atomic mass is 10.00. The van der Waals surface area contributed by atoms with Crippen LogP contribution in [0, 0.1) is 6.92 Å². The van der Waals surface area contributed by atoms with Crippen LogP contribution in [0.2, 0.25) is 0 Å². The van der Waals surface area contributed by atoms with E-state index in [0.29, 0.717) is 0 Å². The number of carbonyl (C=O) groups is 2. The smallest absolute Gasteiger partial charge is 0.240 e. The molecule has 0 bridgehead atoms. The molecular formula is C12H22Cl2N4O2S. The maximum Gasteiger partial charge on any atom is 0.240 e. The lowest BCUT2D eigenvalue weighted by Gasteiger charge is -2.27. The van der Waals surface area contributed by atoms with Gasteiger partial charge >= 0.3 is 0 Å². The van der Waals surface area contributed by atoms with E-state index in [2.05, 4.69) is 15.6 Å². The first kappa shape index (κ1) is 22.4. The second-order valence-electron chi connectivity index (χ2n) is 4.51. The highest BCUT2D eigenvalue weighted by Gasteiger charge is 2.29. The van der Waals surface area contributed by atoms with E-state index in [0.717, 1.165) is 17.1 Å². The van der Waals surface area contributed by atoms with E-state index in [-0.39, 0.29) is 49.7 Å². The van der Waals surface area contributed by atoms with Crippen molar-refractivity contribution in [3.63, 3.8) is 0 Å². The first-order chi connectivity index (χ1) is 8.91. The average molecular weight is 357 g/mol. The minimum atomic E-state index is -0.510. The van der Waals surface area contributed by atoms with E-state index >= 15 is 0 Å². The molecule has 0 spiro atoms. The van der Waals surface area contributed by atoms with Gasteiger partial charge in [0, 0.05) is 11.1 Å². The molecule has 0 aliphatic rings. The summed E-state index contributed by atoms with van der Waals surface area (Å²) in [5, 5.41) is 8.16. The minimum absolute atomic E-state index is 0. The van der Waals surface area contributed by atoms with Crippen molar-refractivity contribution in [2.45, 2.75) is 32.7 Å². The van der Waals surface area contributed by atoms with Crippen LogP contribution < -0.4 is 16.4 Å². The Balaban J connectivity index is 0. The summed E-state index contributed by atoms with van der Waals surface area (Å²) in [6, 6.07) is 0. The number of nitrogens with two attached hydrogens (primary N) is 1. The number of nitrogens with zero attached hydrogens (tertiary/aromatic N) is 1. The van der Waals surface area contributed by atoms with Crippen molar-refractivity contribution < 1.29 is 9.59 Å². The van der Waals surface area contributed by atoms with Crippen LogP contribution >= 0.6 is 36.2 Å². The van der Waals surface area contributed by atoms with Crippen molar-refractivity contribution in [1.82, 2.24) is 15.6 Å². The van der Waals surface area contributed by atoms with Gasteiger partial charge in [0.1, 0.15) is 5.01 Å². The fraction of sp³-hybridized carbons (Fsp3) is 0.583. The van der Waals surface area contributed by atoms with Crippen molar-refractivity contribution in [3.8, 4) is 0 Å². The molecule has 1 heterocycles. The Morgan fingerprint density at radius 1 is 1.38 bits per heavy atom. The van der Waals surface area contributed by atoms with Gasteiger partial charge in [0.05, 0.1) is 18.6 Å². The van der Waals surface area contributed by atoms with Crippen molar-refractivity contribution in [3.05, 3.63) is 16.1 Å². The van der Waals surface area contributed by atoms with E-state index < -0.39 is 5.54 Å². The van der Waals surface area contributed by atoms with Crippen LogP contribution in [-0.4, -0.2) is 29.9 Å². The molecular weight excluding hydrogens is 335 g/mol. The van der Waals surface area contributed by atoms with Crippen LogP contribution in [0.5, 0.6) is 0 Å². The molecule has 0 aromatic carbocycles. The quantitative estimate of drug-likeness (QED) is 0.711. The number of rotatable bonds is 6. The van der Waals surface area contributed by atoms with Crippen LogP contribution in [0.25, 0.3) is 0 Å². The number of hydrogen-bond acceptors (Lipinski definition) is 5. The number of carbonyl (C=O) groups excluding carboxylic acids is 2. The Kier molecular flexibility index (Phi) is 10.6. The van der Waals surface area contributed by atoms with Gasteiger partial charge in [-0.2, -0.15) is 0 Å². The van der Waals surface area contributed by atoms with Crippen LogP contribution in [-0.2, 0) is 15.1 Å². The highest BCUT2D eigenvalue weighted by Crippen LogP contribution is 2.27. The maximum absolute atomic E-state index is 11.8. The van der Waals surface area contributed by atoms with E-state index in [1.807, 2.05) is 26.2 Å². The van der Waals surface area contributed by atoms with Crippen molar-refractivity contribution in [1.29, 1.82) is 0 Å². The molecule has 9 heteroatoms. The van der Waals surface area contributed by atoms with Gasteiger partial charge in [-0.25, -0.2) is 4.98 Å². The lowest BCUT2D eigenvalue weighted by Crippen LogP contribution is -2.48. The normalized spacial score (nSPS) is 12.4. The number of amides is 2. The molecule has 0 saturated heterocycles. The Hall–Kier alpha value is -0.890. The minimum Gasteiger partial charge on any atom is -0.346 e. The molecule has 21 heavy (non-hydrogen) atoms. The van der Waals surface area contributed by atoms with Crippen LogP contribution in [0.4, 0.5) is 0 Å². The number of aromatic nitrogens is 1. The van der Waals surface area contributed by atoms with Crippen LogP contribution in [0.3, 0.4) is 0 Å². The number of thiazole rings is 1. The number of hydrogen-bond donors (Lipinski definition) is 3. The molecule has 0 fully saturated rings. The third kappa shape index (κ3) is 6.60. The third-order valence-corrected chi connectivity index (χ3v) is 4.07. The molecule has 1 rings (SSSR count). The Labute approximate surface area is 141 Å². The lowest BCUT2D eigenvalue weighted by molar-refractivity contribution is -0.126. The van der Waals surface area contributed by atoms with Crippen molar-refractivity contribution >= 4 is 48.0 Å². The molecule has 1 atom stereocenters. The molecule has 122 valence electrons. The summed E-state index contributed by atoms with van der Waals surface area (Å²) < 4.78 is 0. The second-order valence-corrected chi connectivity index (χ2v) is 5.37. The monoisotopic (exact) mass is 356 g/mol. The highest BCUT2D eigenvalue weighted by atomic mass is 35.5. The SMILES string of the molecule is CCC(C)(NC(=O)CNC(=O)CN)c1nc(C)cs1.Cl.Cl. The first-order valence-corrected chi connectivity index (χ1v) is 6.99. The van der Waals surface area contributed by atoms with Crippen molar-refractivity contribution in [2.75, 3.05) is 13.1 Å². The largest absolute Gasteiger partial charge is 0.346 e. The molecule has 6 nitrogen and oxygen atoms in total. The predicted octanol–water partition coefficient (Wildman–Crippen LogP) is 1.11. The third-order valence-electron chi connectivity index (χ3n) is 2.84. The second kappa shape index (κ2) is 9.94. The molecule has 0 aliphatic heterocycles. The molecule has 1 aromatic heterocycles. The molecule has 0 radical (unpaired) electrons. The highest BCUT2D eigenvalue weighted by molar-refractivity contribution is 7.09. The van der Waals surface area contributed by atoms with E-state index in [9.17, 15) is 9.59 Å². The Morgan fingerprint density at radius 3 is 2.43 bits per heavy atom. The fourth-order valence-electron chi connectivity index (χ4n) is 1.50. The van der Waals surface area contributed by atoms with E-state index in [1.165, 1.54) is 11.3 Å². The summed E-state index contributed by atoms with van der Waals surface area (Å²) in [6.07, 6.45) is 0.719. The summed E-state index contributed by atoms with van der Waals surface area (Å²) in [6.45, 7) is 5.63. The summed E-state index contributed by atoms with van der Waals surface area (Å²) in [5.41, 5.74) is 5.58. The van der Waals surface area contributed by atoms with Gasteiger partial charge < -0.3 is 16.4 Å². The molecule has 2 amide bonds. The van der Waals surface area contributed by atoms with Gasteiger partial charge in [0.15, 0.2) is 0 Å². The Morgan fingerprint density at radius 2 is 2.00 bits per heavy atom. The number of halogens is 2. The predicted molar refractivity (Wildman–Crippen MR) is 89.2 cm³/mol. The standard InChI is InChI=1S/C12H20N4O2S.2ClH/c1-4-12(3,11-15-8(2)7-19-11)16-10(18)6-14-9(17)5-13;;/h7H,4-6,13H2,1-3H3,(H,14,17)(H,16,18);2*1H. The van der Waals surface area contributed by atoms with Crippen LogP contribution in [0.1, 0.15) is 31.0 Å². The summed E-state index contributed by atoms with van der Waals surface area (Å²) in [4.78, 5) is 27.2. The molecule has 1 unspecified atom stereocenters. The summed E-state index contributed by atoms with van der Waals surface area (Å²) in [5.74, 6) is -0.600. The molecule has 0 aliphatic carbocycles. The van der Waals surface area contributed by atoms with Gasteiger partial charge in [-0.1, -0.05) is 6.92 Å². The van der Waals surface area contributed by atoms with Crippen molar-refractivity contribution in [2.24, 2.45) is 5.73 Å². The van der Waals surface area contributed by atoms with Crippen LogP contribution in [0.15, 0.2) is 5.38 Å². The fourth-order valence-corrected chi connectivity index (χ4v) is 2.49. The molecule has 0 saturated carbocycles. The van der Waals surface area contributed by atoms with Gasteiger partial charge in [0.25, 0.3) is 0 Å². The van der Waals surface area contributed by atoms with Gasteiger partial charge in [-0.05, 0) is 20.3 Å².